The van der Waals surface area contributed by atoms with Crippen molar-refractivity contribution in [1.29, 1.82) is 0 Å². The number of alkyl halides is 3. The third-order valence-electron chi connectivity index (χ3n) is 3.96. The number of aromatic nitrogens is 4. The second kappa shape index (κ2) is 6.97. The molecule has 0 N–H and O–H groups in total. The van der Waals surface area contributed by atoms with E-state index in [1.54, 1.807) is 6.07 Å². The Morgan fingerprint density at radius 2 is 1.79 bits per heavy atom. The van der Waals surface area contributed by atoms with Crippen LogP contribution in [0.25, 0.3) is 28.7 Å². The molecule has 2 aromatic carbocycles. The molecule has 0 bridgehead atoms. The first kappa shape index (κ1) is 18.5. The average molecular weight is 402 g/mol. The van der Waals surface area contributed by atoms with Gasteiger partial charge in [0.25, 0.3) is 5.89 Å². The van der Waals surface area contributed by atoms with Crippen LogP contribution in [-0.4, -0.2) is 19.9 Å². The fourth-order valence-corrected chi connectivity index (χ4v) is 2.59. The zero-order valence-electron chi connectivity index (χ0n) is 14.4. The van der Waals surface area contributed by atoms with Gasteiger partial charge in [0.15, 0.2) is 5.69 Å². The van der Waals surface area contributed by atoms with Crippen molar-refractivity contribution < 1.29 is 22.1 Å². The average Bonchev–Trinajstić information content (AvgIpc) is 3.18. The number of hydrogen-bond acceptors (Lipinski definition) is 5. The molecule has 146 valence electrons. The molecule has 10 heteroatoms. The third-order valence-corrected chi connectivity index (χ3v) is 3.96. The predicted molar refractivity (Wildman–Crippen MR) is 93.5 cm³/mol. The Balaban J connectivity index is 1.74. The van der Waals surface area contributed by atoms with Crippen LogP contribution in [0.3, 0.4) is 0 Å². The molecule has 0 saturated heterocycles. The quantitative estimate of drug-likeness (QED) is 0.482. The van der Waals surface area contributed by atoms with Gasteiger partial charge in [0, 0.05) is 17.8 Å². The Hall–Kier alpha value is -3.82. The van der Waals surface area contributed by atoms with E-state index in [9.17, 15) is 22.4 Å². The minimum atomic E-state index is -4.53. The second-order valence-electron chi connectivity index (χ2n) is 5.95. The summed E-state index contributed by atoms with van der Waals surface area (Å²) in [6, 6.07) is 11.1. The number of halogens is 4. The van der Waals surface area contributed by atoms with E-state index < -0.39 is 23.0 Å². The highest BCUT2D eigenvalue weighted by atomic mass is 19.4. The number of hydrogen-bond donors (Lipinski definition) is 0. The van der Waals surface area contributed by atoms with Gasteiger partial charge in [-0.15, -0.1) is 0 Å². The molecule has 0 aliphatic rings. The molecule has 2 heterocycles. The topological polar surface area (TPSA) is 73.8 Å². The van der Waals surface area contributed by atoms with Crippen LogP contribution < -0.4 is 5.43 Å². The fourth-order valence-electron chi connectivity index (χ4n) is 2.59. The molecular formula is C19H10F4N4O2. The smallest absolute Gasteiger partial charge is 0.332 e. The predicted octanol–water partition coefficient (Wildman–Crippen LogP) is 4.11. The van der Waals surface area contributed by atoms with Gasteiger partial charge in [-0.2, -0.15) is 23.3 Å². The summed E-state index contributed by atoms with van der Waals surface area (Å²) in [5, 5.41) is 7.72. The molecule has 0 aliphatic carbocycles. The zero-order chi connectivity index (χ0) is 20.6. The third kappa shape index (κ3) is 3.77. The van der Waals surface area contributed by atoms with Gasteiger partial charge >= 0.3 is 6.18 Å². The van der Waals surface area contributed by atoms with Crippen molar-refractivity contribution in [2.24, 2.45) is 0 Å². The van der Waals surface area contributed by atoms with E-state index >= 15 is 0 Å². The van der Waals surface area contributed by atoms with E-state index in [2.05, 4.69) is 15.2 Å². The standard InChI is InChI=1S/C19H10F4N4O2/c20-13-5-2-6-14(10-13)27-8-7-15(28)16(25-27)18-24-17(26-29-18)11-3-1-4-12(9-11)19(21,22)23/h1-10H. The van der Waals surface area contributed by atoms with E-state index in [1.165, 1.54) is 47.3 Å². The first-order chi connectivity index (χ1) is 13.8. The van der Waals surface area contributed by atoms with Crippen LogP contribution in [0.1, 0.15) is 5.56 Å². The Bertz CT molecular complexity index is 1250. The maximum Gasteiger partial charge on any atom is 0.416 e. The van der Waals surface area contributed by atoms with Crippen LogP contribution in [0.5, 0.6) is 0 Å². The number of nitrogens with zero attached hydrogens (tertiary/aromatic N) is 4. The lowest BCUT2D eigenvalue weighted by Gasteiger charge is -2.06. The van der Waals surface area contributed by atoms with Gasteiger partial charge in [0.05, 0.1) is 11.3 Å². The summed E-state index contributed by atoms with van der Waals surface area (Å²) in [6.45, 7) is 0. The van der Waals surface area contributed by atoms with Crippen LogP contribution in [0.4, 0.5) is 17.6 Å². The van der Waals surface area contributed by atoms with Crippen molar-refractivity contribution in [3.8, 4) is 28.7 Å². The van der Waals surface area contributed by atoms with Crippen LogP contribution in [0.15, 0.2) is 70.1 Å². The molecule has 0 atom stereocenters. The van der Waals surface area contributed by atoms with Crippen molar-refractivity contribution in [1.82, 2.24) is 19.9 Å². The first-order valence-corrected chi connectivity index (χ1v) is 8.19. The molecule has 0 fully saturated rings. The number of rotatable bonds is 3. The number of benzene rings is 2. The van der Waals surface area contributed by atoms with Crippen molar-refractivity contribution >= 4 is 0 Å². The maximum absolute atomic E-state index is 13.4. The minimum absolute atomic E-state index is 0.0659. The van der Waals surface area contributed by atoms with E-state index in [-0.39, 0.29) is 23.0 Å². The Morgan fingerprint density at radius 3 is 2.55 bits per heavy atom. The molecule has 4 aromatic rings. The Morgan fingerprint density at radius 1 is 1.00 bits per heavy atom. The molecule has 0 amide bonds. The van der Waals surface area contributed by atoms with Gasteiger partial charge in [0.1, 0.15) is 5.82 Å². The summed E-state index contributed by atoms with van der Waals surface area (Å²) in [7, 11) is 0. The summed E-state index contributed by atoms with van der Waals surface area (Å²) in [5.74, 6) is -0.893. The van der Waals surface area contributed by atoms with Crippen LogP contribution in [0, 0.1) is 5.82 Å². The summed E-state index contributed by atoms with van der Waals surface area (Å²) >= 11 is 0. The first-order valence-electron chi connectivity index (χ1n) is 8.19. The van der Waals surface area contributed by atoms with Gasteiger partial charge in [0.2, 0.25) is 11.3 Å². The van der Waals surface area contributed by atoms with Gasteiger partial charge < -0.3 is 4.52 Å². The van der Waals surface area contributed by atoms with Crippen LogP contribution in [0.2, 0.25) is 0 Å². The van der Waals surface area contributed by atoms with E-state index in [4.69, 9.17) is 4.52 Å². The molecule has 0 aliphatic heterocycles. The lowest BCUT2D eigenvalue weighted by molar-refractivity contribution is -0.137. The summed E-state index contributed by atoms with van der Waals surface area (Å²) in [6.07, 6.45) is -3.19. The molecule has 2 aromatic heterocycles. The SMILES string of the molecule is O=c1ccn(-c2cccc(F)c2)nc1-c1nc(-c2cccc(C(F)(F)F)c2)no1. The summed E-state index contributed by atoms with van der Waals surface area (Å²) in [4.78, 5) is 16.2. The van der Waals surface area contributed by atoms with Crippen molar-refractivity contribution in [3.63, 3.8) is 0 Å². The Labute approximate surface area is 160 Å². The van der Waals surface area contributed by atoms with Gasteiger partial charge in [-0.3, -0.25) is 4.79 Å². The molecule has 0 radical (unpaired) electrons. The lowest BCUT2D eigenvalue weighted by Crippen LogP contribution is -2.12. The molecule has 0 saturated carbocycles. The van der Waals surface area contributed by atoms with Crippen molar-refractivity contribution in [3.05, 3.63) is 82.4 Å². The second-order valence-corrected chi connectivity index (χ2v) is 5.95. The van der Waals surface area contributed by atoms with Crippen LogP contribution >= 0.6 is 0 Å². The highest BCUT2D eigenvalue weighted by Gasteiger charge is 2.31. The molecule has 4 rings (SSSR count). The summed E-state index contributed by atoms with van der Waals surface area (Å²) < 4.78 is 58.4. The highest BCUT2D eigenvalue weighted by Crippen LogP contribution is 2.31. The van der Waals surface area contributed by atoms with Gasteiger partial charge in [-0.1, -0.05) is 23.4 Å². The van der Waals surface area contributed by atoms with Gasteiger partial charge in [-0.05, 0) is 30.3 Å². The molecule has 0 unspecified atom stereocenters. The summed E-state index contributed by atoms with van der Waals surface area (Å²) in [5.41, 5.74) is -1.22. The maximum atomic E-state index is 13.4. The molecule has 29 heavy (non-hydrogen) atoms. The fraction of sp³-hybridized carbons (Fsp3) is 0.0526. The van der Waals surface area contributed by atoms with E-state index in [1.807, 2.05) is 0 Å². The minimum Gasteiger partial charge on any atom is -0.332 e. The van der Waals surface area contributed by atoms with Crippen molar-refractivity contribution in [2.45, 2.75) is 6.18 Å². The van der Waals surface area contributed by atoms with Gasteiger partial charge in [-0.25, -0.2) is 9.07 Å². The van der Waals surface area contributed by atoms with E-state index in [0.717, 1.165) is 12.1 Å². The largest absolute Gasteiger partial charge is 0.416 e. The molecular weight excluding hydrogens is 392 g/mol. The zero-order valence-corrected chi connectivity index (χ0v) is 14.4. The highest BCUT2D eigenvalue weighted by molar-refractivity contribution is 5.58. The molecule has 6 nitrogen and oxygen atoms in total. The lowest BCUT2D eigenvalue weighted by atomic mass is 10.1. The Kier molecular flexibility index (Phi) is 4.45. The van der Waals surface area contributed by atoms with Crippen LogP contribution in [-0.2, 0) is 6.18 Å². The monoisotopic (exact) mass is 402 g/mol. The molecule has 0 spiro atoms. The van der Waals surface area contributed by atoms with E-state index in [0.29, 0.717) is 5.69 Å². The normalized spacial score (nSPS) is 11.6. The van der Waals surface area contributed by atoms with Crippen molar-refractivity contribution in [2.75, 3.05) is 0 Å².